The highest BCUT2D eigenvalue weighted by molar-refractivity contribution is 6.20. The van der Waals surface area contributed by atoms with Crippen LogP contribution in [0.4, 0.5) is 0 Å². The molecule has 1 fully saturated rings. The zero-order chi connectivity index (χ0) is 18.6. The molecule has 0 bridgehead atoms. The van der Waals surface area contributed by atoms with Gasteiger partial charge in [0.25, 0.3) is 0 Å². The summed E-state index contributed by atoms with van der Waals surface area (Å²) in [7, 11) is 0. The van der Waals surface area contributed by atoms with Crippen molar-refractivity contribution in [1.29, 1.82) is 5.26 Å². The first-order valence-corrected chi connectivity index (χ1v) is 9.47. The Labute approximate surface area is 159 Å². The van der Waals surface area contributed by atoms with Crippen molar-refractivity contribution in [2.75, 3.05) is 0 Å². The van der Waals surface area contributed by atoms with Crippen LogP contribution in [0.1, 0.15) is 38.2 Å². The molecule has 0 aromatic heterocycles. The van der Waals surface area contributed by atoms with E-state index in [9.17, 15) is 10.1 Å². The maximum absolute atomic E-state index is 12.6. The number of hydrogen-bond donors (Lipinski definition) is 0. The van der Waals surface area contributed by atoms with Crippen molar-refractivity contribution in [2.45, 2.75) is 44.4 Å². The Morgan fingerprint density at radius 1 is 1.19 bits per heavy atom. The fourth-order valence-corrected chi connectivity index (χ4v) is 3.81. The van der Waals surface area contributed by atoms with Crippen LogP contribution in [0.15, 0.2) is 48.5 Å². The average molecular weight is 368 g/mol. The van der Waals surface area contributed by atoms with Gasteiger partial charge >= 0.3 is 5.97 Å². The van der Waals surface area contributed by atoms with E-state index in [1.165, 1.54) is 5.56 Å². The smallest absolute Gasteiger partial charge is 0.331 e. The molecule has 0 aliphatic heterocycles. The molecule has 4 heteroatoms. The number of halogens is 1. The first-order chi connectivity index (χ1) is 12.6. The molecule has 0 saturated heterocycles. The van der Waals surface area contributed by atoms with E-state index in [1.807, 2.05) is 12.1 Å². The van der Waals surface area contributed by atoms with Crippen molar-refractivity contribution in [1.82, 2.24) is 0 Å². The van der Waals surface area contributed by atoms with Crippen LogP contribution < -0.4 is 4.74 Å². The van der Waals surface area contributed by atoms with Crippen molar-refractivity contribution in [3.8, 4) is 22.9 Å². The van der Waals surface area contributed by atoms with E-state index in [0.29, 0.717) is 18.6 Å². The minimum Gasteiger partial charge on any atom is -0.425 e. The van der Waals surface area contributed by atoms with Crippen molar-refractivity contribution < 1.29 is 9.53 Å². The van der Waals surface area contributed by atoms with Crippen LogP contribution >= 0.6 is 11.6 Å². The summed E-state index contributed by atoms with van der Waals surface area (Å²) in [6.07, 6.45) is 3.48. The van der Waals surface area contributed by atoms with Crippen molar-refractivity contribution in [3.05, 3.63) is 54.1 Å². The summed E-state index contributed by atoms with van der Waals surface area (Å²) in [5.74, 6) is -0.0411. The molecule has 0 amide bonds. The highest BCUT2D eigenvalue weighted by atomic mass is 35.5. The van der Waals surface area contributed by atoms with Crippen LogP contribution in [-0.4, -0.2) is 11.3 Å². The Bertz CT molecular complexity index is 808. The predicted molar refractivity (Wildman–Crippen MR) is 103 cm³/mol. The molecule has 0 radical (unpaired) electrons. The second-order valence-corrected chi connectivity index (χ2v) is 7.47. The molecule has 0 N–H and O–H groups in total. The number of rotatable bonds is 4. The Morgan fingerprint density at radius 3 is 2.35 bits per heavy atom. The number of alkyl halides is 1. The summed E-state index contributed by atoms with van der Waals surface area (Å²) in [5, 5.41) is 9.39. The van der Waals surface area contributed by atoms with E-state index in [4.69, 9.17) is 16.3 Å². The van der Waals surface area contributed by atoms with Crippen LogP contribution in [0.3, 0.4) is 0 Å². The lowest BCUT2D eigenvalue weighted by molar-refractivity contribution is -0.144. The quantitative estimate of drug-likeness (QED) is 0.406. The van der Waals surface area contributed by atoms with E-state index in [0.717, 1.165) is 30.4 Å². The van der Waals surface area contributed by atoms with Gasteiger partial charge in [-0.2, -0.15) is 5.26 Å². The van der Waals surface area contributed by atoms with Gasteiger partial charge in [0, 0.05) is 5.38 Å². The SMILES string of the molecule is CCc1ccc(-c2ccc(OC(=O)C3(C#N)CCCC(Cl)C3)cc2)cc1. The minimum absolute atomic E-state index is 0.149. The molecular formula is C22H22ClNO2. The largest absolute Gasteiger partial charge is 0.425 e. The summed E-state index contributed by atoms with van der Waals surface area (Å²) in [4.78, 5) is 12.6. The fourth-order valence-electron chi connectivity index (χ4n) is 3.39. The zero-order valence-electron chi connectivity index (χ0n) is 14.9. The minimum atomic E-state index is -1.13. The van der Waals surface area contributed by atoms with Gasteiger partial charge in [0.05, 0.1) is 6.07 Å². The molecular weight excluding hydrogens is 346 g/mol. The third kappa shape index (κ3) is 3.92. The van der Waals surface area contributed by atoms with Crippen molar-refractivity contribution in [3.63, 3.8) is 0 Å². The van der Waals surface area contributed by atoms with Gasteiger partial charge in [0.1, 0.15) is 5.75 Å². The molecule has 26 heavy (non-hydrogen) atoms. The normalized spacial score (nSPS) is 22.4. The van der Waals surface area contributed by atoms with E-state index in [2.05, 4.69) is 37.3 Å². The maximum atomic E-state index is 12.6. The lowest BCUT2D eigenvalue weighted by Crippen LogP contribution is -2.38. The molecule has 0 heterocycles. The number of benzene rings is 2. The molecule has 1 aliphatic carbocycles. The standard InChI is InChI=1S/C22H22ClNO2/c1-2-16-5-7-17(8-6-16)18-9-11-20(12-10-18)26-21(25)22(15-24)13-3-4-19(23)14-22/h5-12,19H,2-4,13-14H2,1H3. The molecule has 3 rings (SSSR count). The molecule has 0 spiro atoms. The van der Waals surface area contributed by atoms with Gasteiger partial charge in [0.15, 0.2) is 5.41 Å². The lowest BCUT2D eigenvalue weighted by atomic mass is 9.75. The Hall–Kier alpha value is -2.31. The number of ether oxygens (including phenoxy) is 1. The monoisotopic (exact) mass is 367 g/mol. The number of aryl methyl sites for hydroxylation is 1. The summed E-state index contributed by atoms with van der Waals surface area (Å²) >= 11 is 6.18. The molecule has 3 nitrogen and oxygen atoms in total. The number of carbonyl (C=O) groups excluding carboxylic acids is 1. The highest BCUT2D eigenvalue weighted by Crippen LogP contribution is 2.39. The van der Waals surface area contributed by atoms with Crippen LogP contribution in [0, 0.1) is 16.7 Å². The van der Waals surface area contributed by atoms with Gasteiger partial charge in [-0.25, -0.2) is 4.79 Å². The Balaban J connectivity index is 1.72. The summed E-state index contributed by atoms with van der Waals surface area (Å²) < 4.78 is 5.50. The van der Waals surface area contributed by atoms with E-state index < -0.39 is 11.4 Å². The number of hydrogen-bond acceptors (Lipinski definition) is 3. The second kappa shape index (κ2) is 7.93. The van der Waals surface area contributed by atoms with E-state index in [1.54, 1.807) is 12.1 Å². The summed E-state index contributed by atoms with van der Waals surface area (Å²) in [6.45, 7) is 2.13. The topological polar surface area (TPSA) is 50.1 Å². The zero-order valence-corrected chi connectivity index (χ0v) is 15.6. The molecule has 2 atom stereocenters. The van der Waals surface area contributed by atoms with Crippen LogP contribution in [-0.2, 0) is 11.2 Å². The number of nitriles is 1. The molecule has 1 saturated carbocycles. The van der Waals surface area contributed by atoms with Crippen LogP contribution in [0.2, 0.25) is 0 Å². The van der Waals surface area contributed by atoms with Crippen molar-refractivity contribution >= 4 is 17.6 Å². The maximum Gasteiger partial charge on any atom is 0.331 e. The second-order valence-electron chi connectivity index (χ2n) is 6.85. The van der Waals surface area contributed by atoms with E-state index in [-0.39, 0.29) is 5.38 Å². The third-order valence-electron chi connectivity index (χ3n) is 5.06. The molecule has 2 aromatic carbocycles. The van der Waals surface area contributed by atoms with Crippen LogP contribution in [0.5, 0.6) is 5.75 Å². The number of carbonyl (C=O) groups is 1. The van der Waals surface area contributed by atoms with Gasteiger partial charge in [0.2, 0.25) is 0 Å². The predicted octanol–water partition coefficient (Wildman–Crippen LogP) is 5.51. The lowest BCUT2D eigenvalue weighted by Gasteiger charge is -2.30. The van der Waals surface area contributed by atoms with Crippen molar-refractivity contribution in [2.24, 2.45) is 5.41 Å². The average Bonchev–Trinajstić information content (AvgIpc) is 2.68. The van der Waals surface area contributed by atoms with Crippen LogP contribution in [0.25, 0.3) is 11.1 Å². The van der Waals surface area contributed by atoms with Gasteiger partial charge in [-0.1, -0.05) is 43.3 Å². The Morgan fingerprint density at radius 2 is 1.81 bits per heavy atom. The van der Waals surface area contributed by atoms with Gasteiger partial charge in [-0.15, -0.1) is 11.6 Å². The molecule has 2 unspecified atom stereocenters. The van der Waals surface area contributed by atoms with Gasteiger partial charge < -0.3 is 4.74 Å². The molecule has 2 aromatic rings. The first-order valence-electron chi connectivity index (χ1n) is 9.03. The summed E-state index contributed by atoms with van der Waals surface area (Å²) in [5.41, 5.74) is 2.34. The van der Waals surface area contributed by atoms with Gasteiger partial charge in [-0.3, -0.25) is 0 Å². The molecule has 1 aliphatic rings. The first kappa shape index (κ1) is 18.5. The van der Waals surface area contributed by atoms with Gasteiger partial charge in [-0.05, 0) is 60.9 Å². The van der Waals surface area contributed by atoms with E-state index >= 15 is 0 Å². The number of nitrogens with zero attached hydrogens (tertiary/aromatic N) is 1. The fraction of sp³-hybridized carbons (Fsp3) is 0.364. The Kier molecular flexibility index (Phi) is 5.64. The number of esters is 1. The summed E-state index contributed by atoms with van der Waals surface area (Å²) in [6, 6.07) is 18.0. The highest BCUT2D eigenvalue weighted by Gasteiger charge is 2.44. The third-order valence-corrected chi connectivity index (χ3v) is 5.43. The molecule has 134 valence electrons.